The van der Waals surface area contributed by atoms with E-state index in [4.69, 9.17) is 4.74 Å². The van der Waals surface area contributed by atoms with Crippen molar-refractivity contribution in [2.45, 2.75) is 18.1 Å². The molecule has 1 N–H and O–H groups in total. The van der Waals surface area contributed by atoms with Gasteiger partial charge in [0, 0.05) is 0 Å². The van der Waals surface area contributed by atoms with Crippen molar-refractivity contribution < 1.29 is 24.2 Å². The van der Waals surface area contributed by atoms with Crippen molar-refractivity contribution >= 4 is 24.0 Å². The molecule has 0 saturated carbocycles. The maximum Gasteiger partial charge on any atom is 0.411 e. The van der Waals surface area contributed by atoms with Crippen LogP contribution in [0.25, 0.3) is 6.08 Å². The molecule has 4 rings (SSSR count). The molecule has 29 heavy (non-hydrogen) atoms. The molecule has 7 nitrogen and oxygen atoms in total. The molecule has 2 fully saturated rings. The van der Waals surface area contributed by atoms with Crippen LogP contribution in [0.3, 0.4) is 0 Å². The standard InChI is InChI=1S/C22H20N2O5/c1-2-14-8-6-7-11-16(14)19-20(21(27)23(19)12-18(25)26)24-17(13-29-22(24)28)15-9-4-3-5-10-15/h2-11,17,19-20H,1,12-13H2,(H,25,26)/t17-,19-,20+/m1/s1. The monoisotopic (exact) mass is 392 g/mol. The lowest BCUT2D eigenvalue weighted by molar-refractivity contribution is -0.164. The third kappa shape index (κ3) is 3.14. The van der Waals surface area contributed by atoms with Gasteiger partial charge in [-0.25, -0.2) is 4.79 Å². The summed E-state index contributed by atoms with van der Waals surface area (Å²) in [5.41, 5.74) is 2.40. The Bertz CT molecular complexity index is 974. The molecule has 3 atom stereocenters. The molecule has 0 bridgehead atoms. The van der Waals surface area contributed by atoms with E-state index in [1.54, 1.807) is 6.08 Å². The van der Waals surface area contributed by atoms with Crippen molar-refractivity contribution in [3.8, 4) is 0 Å². The lowest BCUT2D eigenvalue weighted by Crippen LogP contribution is -2.66. The van der Waals surface area contributed by atoms with Crippen LogP contribution in [0.4, 0.5) is 4.79 Å². The average Bonchev–Trinajstić information content (AvgIpc) is 3.11. The molecule has 0 aliphatic carbocycles. The molecule has 0 unspecified atom stereocenters. The van der Waals surface area contributed by atoms with Gasteiger partial charge in [-0.2, -0.15) is 0 Å². The number of likely N-dealkylation sites (tertiary alicyclic amines) is 1. The first-order valence-corrected chi connectivity index (χ1v) is 9.26. The summed E-state index contributed by atoms with van der Waals surface area (Å²) >= 11 is 0. The topological polar surface area (TPSA) is 87.2 Å². The molecule has 2 amide bonds. The Hall–Kier alpha value is -3.61. The first-order valence-electron chi connectivity index (χ1n) is 9.26. The van der Waals surface area contributed by atoms with Gasteiger partial charge in [-0.3, -0.25) is 14.5 Å². The summed E-state index contributed by atoms with van der Waals surface area (Å²) in [5.74, 6) is -1.52. The van der Waals surface area contributed by atoms with E-state index in [0.717, 1.165) is 16.7 Å². The van der Waals surface area contributed by atoms with Crippen molar-refractivity contribution in [1.29, 1.82) is 0 Å². The normalized spacial score (nSPS) is 23.5. The summed E-state index contributed by atoms with van der Waals surface area (Å²) in [6.07, 6.45) is 1.08. The smallest absolute Gasteiger partial charge is 0.411 e. The molecule has 2 heterocycles. The first kappa shape index (κ1) is 18.7. The molecular weight excluding hydrogens is 372 g/mol. The molecule has 2 aromatic carbocycles. The van der Waals surface area contributed by atoms with E-state index in [0.29, 0.717) is 0 Å². The maximum absolute atomic E-state index is 13.0. The number of rotatable bonds is 6. The van der Waals surface area contributed by atoms with E-state index in [1.165, 1.54) is 9.80 Å². The van der Waals surface area contributed by atoms with Crippen LogP contribution in [0, 0.1) is 0 Å². The summed E-state index contributed by atoms with van der Waals surface area (Å²) in [7, 11) is 0. The highest BCUT2D eigenvalue weighted by atomic mass is 16.6. The van der Waals surface area contributed by atoms with Gasteiger partial charge in [-0.05, 0) is 16.7 Å². The fourth-order valence-electron chi connectivity index (χ4n) is 4.10. The number of aliphatic carboxylic acids is 1. The van der Waals surface area contributed by atoms with Gasteiger partial charge in [0.1, 0.15) is 19.2 Å². The number of carboxylic acid groups (broad SMARTS) is 1. The number of carbonyl (C=O) groups is 3. The lowest BCUT2D eigenvalue weighted by atomic mass is 9.84. The third-order valence-electron chi connectivity index (χ3n) is 5.41. The van der Waals surface area contributed by atoms with Crippen LogP contribution in [0.15, 0.2) is 61.2 Å². The maximum atomic E-state index is 13.0. The van der Waals surface area contributed by atoms with E-state index >= 15 is 0 Å². The number of hydrogen-bond donors (Lipinski definition) is 1. The first-order chi connectivity index (χ1) is 14.0. The summed E-state index contributed by atoms with van der Waals surface area (Å²) in [5, 5.41) is 9.27. The van der Waals surface area contributed by atoms with Gasteiger partial charge in [0.05, 0.1) is 12.1 Å². The number of ether oxygens (including phenoxy) is 1. The highest BCUT2D eigenvalue weighted by molar-refractivity contribution is 5.95. The van der Waals surface area contributed by atoms with Crippen LogP contribution < -0.4 is 0 Å². The minimum atomic E-state index is -1.11. The van der Waals surface area contributed by atoms with Gasteiger partial charge in [-0.1, -0.05) is 67.3 Å². The molecule has 7 heteroatoms. The number of hydrogen-bond acceptors (Lipinski definition) is 4. The minimum Gasteiger partial charge on any atom is -0.480 e. The van der Waals surface area contributed by atoms with E-state index < -0.39 is 42.6 Å². The predicted molar refractivity (Wildman–Crippen MR) is 105 cm³/mol. The van der Waals surface area contributed by atoms with Crippen molar-refractivity contribution in [2.24, 2.45) is 0 Å². The number of carbonyl (C=O) groups excluding carboxylic acids is 2. The van der Waals surface area contributed by atoms with Gasteiger partial charge in [0.25, 0.3) is 0 Å². The molecule has 2 aromatic rings. The fourth-order valence-corrected chi connectivity index (χ4v) is 4.10. The largest absolute Gasteiger partial charge is 0.480 e. The zero-order valence-corrected chi connectivity index (χ0v) is 15.6. The Labute approximate surface area is 167 Å². The van der Waals surface area contributed by atoms with E-state index in [2.05, 4.69) is 6.58 Å². The highest BCUT2D eigenvalue weighted by Crippen LogP contribution is 2.44. The number of amides is 2. The Morgan fingerprint density at radius 3 is 2.48 bits per heavy atom. The predicted octanol–water partition coefficient (Wildman–Crippen LogP) is 2.86. The Balaban J connectivity index is 1.76. The number of nitrogens with zero attached hydrogens (tertiary/aromatic N) is 2. The van der Waals surface area contributed by atoms with Crippen molar-refractivity contribution in [2.75, 3.05) is 13.2 Å². The lowest BCUT2D eigenvalue weighted by Gasteiger charge is -2.50. The van der Waals surface area contributed by atoms with E-state index in [-0.39, 0.29) is 6.61 Å². The summed E-state index contributed by atoms with van der Waals surface area (Å²) < 4.78 is 5.27. The third-order valence-corrected chi connectivity index (χ3v) is 5.41. The fraction of sp³-hybridized carbons (Fsp3) is 0.227. The molecule has 0 spiro atoms. The van der Waals surface area contributed by atoms with Crippen molar-refractivity contribution in [1.82, 2.24) is 9.80 Å². The molecule has 148 valence electrons. The van der Waals surface area contributed by atoms with Crippen molar-refractivity contribution in [3.05, 3.63) is 77.9 Å². The average molecular weight is 392 g/mol. The second-order valence-electron chi connectivity index (χ2n) is 6.99. The van der Waals surface area contributed by atoms with Crippen LogP contribution in [0.1, 0.15) is 28.8 Å². The molecule has 0 radical (unpaired) electrons. The quantitative estimate of drug-likeness (QED) is 0.764. The van der Waals surface area contributed by atoms with Crippen molar-refractivity contribution in [3.63, 3.8) is 0 Å². The summed E-state index contributed by atoms with van der Waals surface area (Å²) in [4.78, 5) is 39.6. The molecule has 2 saturated heterocycles. The molecule has 2 aliphatic rings. The number of cyclic esters (lactones) is 1. The second kappa shape index (κ2) is 7.43. The number of carboxylic acids is 1. The number of benzene rings is 2. The Morgan fingerprint density at radius 2 is 1.79 bits per heavy atom. The van der Waals surface area contributed by atoms with Gasteiger partial charge in [0.2, 0.25) is 5.91 Å². The van der Waals surface area contributed by atoms with Crippen LogP contribution in [-0.2, 0) is 14.3 Å². The van der Waals surface area contributed by atoms with Gasteiger partial charge < -0.3 is 14.7 Å². The molecule has 0 aromatic heterocycles. The highest BCUT2D eigenvalue weighted by Gasteiger charge is 2.57. The van der Waals surface area contributed by atoms with Gasteiger partial charge >= 0.3 is 12.1 Å². The summed E-state index contributed by atoms with van der Waals surface area (Å²) in [6.45, 7) is 3.51. The zero-order valence-electron chi connectivity index (χ0n) is 15.6. The molecular formula is C22H20N2O5. The van der Waals surface area contributed by atoms with E-state index in [1.807, 2.05) is 54.6 Å². The minimum absolute atomic E-state index is 0.140. The van der Waals surface area contributed by atoms with Crippen LogP contribution in [0.2, 0.25) is 0 Å². The van der Waals surface area contributed by atoms with Crippen LogP contribution >= 0.6 is 0 Å². The van der Waals surface area contributed by atoms with Crippen LogP contribution in [-0.4, -0.2) is 52.1 Å². The Morgan fingerprint density at radius 1 is 1.10 bits per heavy atom. The van der Waals surface area contributed by atoms with E-state index in [9.17, 15) is 19.5 Å². The Kier molecular flexibility index (Phi) is 4.80. The SMILES string of the molecule is C=Cc1ccccc1[C@@H]1[C@H](N2C(=O)OC[C@@H]2c2ccccc2)C(=O)N1CC(=O)O. The number of β-lactam (4-membered cyclic amide) rings is 1. The molecule has 2 aliphatic heterocycles. The zero-order chi connectivity index (χ0) is 20.5. The second-order valence-corrected chi connectivity index (χ2v) is 6.99. The van der Waals surface area contributed by atoms with Crippen LogP contribution in [0.5, 0.6) is 0 Å². The van der Waals surface area contributed by atoms with Gasteiger partial charge in [0.15, 0.2) is 0 Å². The van der Waals surface area contributed by atoms with Gasteiger partial charge in [-0.15, -0.1) is 0 Å². The summed E-state index contributed by atoms with van der Waals surface area (Å²) in [6, 6.07) is 14.8.